The zero-order valence-electron chi connectivity index (χ0n) is 8.11. The van der Waals surface area contributed by atoms with Crippen LogP contribution in [0.5, 0.6) is 0 Å². The summed E-state index contributed by atoms with van der Waals surface area (Å²) in [7, 11) is 0. The number of halogens is 1. The zero-order valence-corrected chi connectivity index (χ0v) is 8.93. The van der Waals surface area contributed by atoms with Crippen LogP contribution < -0.4 is 5.32 Å². The number of nitrogens with zero attached hydrogens (tertiary/aromatic N) is 1. The first-order chi connectivity index (χ1) is 7.34. The minimum absolute atomic E-state index is 0.449. The summed E-state index contributed by atoms with van der Waals surface area (Å²) >= 11 is 1.68. The van der Waals surface area contributed by atoms with Crippen LogP contribution in [-0.2, 0) is 6.42 Å². The molecule has 0 saturated heterocycles. The number of rotatable bonds is 4. The van der Waals surface area contributed by atoms with Crippen molar-refractivity contribution in [3.05, 3.63) is 46.5 Å². The van der Waals surface area contributed by atoms with E-state index >= 15 is 0 Å². The third-order valence-corrected chi connectivity index (χ3v) is 2.75. The van der Waals surface area contributed by atoms with E-state index in [-0.39, 0.29) is 0 Å². The second-order valence-electron chi connectivity index (χ2n) is 3.15. The summed E-state index contributed by atoms with van der Waals surface area (Å²) in [6, 6.07) is 6.83. The van der Waals surface area contributed by atoms with Crippen LogP contribution in [0.25, 0.3) is 0 Å². The molecule has 0 spiro atoms. The molecule has 15 heavy (non-hydrogen) atoms. The maximum absolute atomic E-state index is 12.7. The highest BCUT2D eigenvalue weighted by Crippen LogP contribution is 2.08. The van der Waals surface area contributed by atoms with Gasteiger partial charge in [0.1, 0.15) is 5.82 Å². The van der Waals surface area contributed by atoms with Crippen molar-refractivity contribution in [1.29, 1.82) is 0 Å². The molecule has 0 fully saturated rings. The molecular formula is C11H11FN2S. The molecule has 2 aromatic rings. The number of hydrogen-bond donors (Lipinski definition) is 1. The summed E-state index contributed by atoms with van der Waals surface area (Å²) in [5.74, 6) is 0.140. The molecule has 1 N–H and O–H groups in total. The van der Waals surface area contributed by atoms with Gasteiger partial charge in [-0.25, -0.2) is 4.98 Å². The van der Waals surface area contributed by atoms with E-state index in [4.69, 9.17) is 0 Å². The first-order valence-electron chi connectivity index (χ1n) is 4.72. The Labute approximate surface area is 91.8 Å². The molecule has 0 unspecified atom stereocenters. The van der Waals surface area contributed by atoms with E-state index in [1.807, 2.05) is 0 Å². The quantitative estimate of drug-likeness (QED) is 0.804. The van der Waals surface area contributed by atoms with Crippen molar-refractivity contribution in [2.24, 2.45) is 0 Å². The lowest BCUT2D eigenvalue weighted by molar-refractivity contribution is 0.585. The van der Waals surface area contributed by atoms with Crippen molar-refractivity contribution in [2.75, 3.05) is 11.9 Å². The number of anilines is 1. The normalized spacial score (nSPS) is 10.2. The number of hydrogen-bond acceptors (Lipinski definition) is 3. The third-order valence-electron chi connectivity index (χ3n) is 2.02. The highest BCUT2D eigenvalue weighted by molar-refractivity contribution is 7.07. The first-order valence-corrected chi connectivity index (χ1v) is 5.66. The van der Waals surface area contributed by atoms with Gasteiger partial charge >= 0.3 is 0 Å². The summed E-state index contributed by atoms with van der Waals surface area (Å²) in [5.41, 5.74) is 1.30. The topological polar surface area (TPSA) is 24.9 Å². The van der Waals surface area contributed by atoms with Crippen LogP contribution in [0.15, 0.2) is 35.0 Å². The van der Waals surface area contributed by atoms with Gasteiger partial charge in [-0.3, -0.25) is 0 Å². The van der Waals surface area contributed by atoms with Gasteiger partial charge in [0.05, 0.1) is 0 Å². The molecule has 0 aromatic carbocycles. The summed E-state index contributed by atoms with van der Waals surface area (Å²) in [5, 5.41) is 7.24. The standard InChI is InChI=1S/C11H11FN2S/c12-10-2-1-3-11(14-10)13-6-4-9-5-7-15-8-9/h1-3,5,7-8H,4,6H2,(H,13,14). The van der Waals surface area contributed by atoms with Crippen LogP contribution in [-0.4, -0.2) is 11.5 Å². The predicted octanol–water partition coefficient (Wildman–Crippen LogP) is 2.94. The number of aromatic nitrogens is 1. The molecular weight excluding hydrogens is 211 g/mol. The molecule has 2 heterocycles. The molecule has 0 aliphatic carbocycles. The van der Waals surface area contributed by atoms with Gasteiger partial charge in [0.25, 0.3) is 0 Å². The molecule has 2 rings (SSSR count). The van der Waals surface area contributed by atoms with Gasteiger partial charge in [-0.1, -0.05) is 6.07 Å². The van der Waals surface area contributed by atoms with Crippen LogP contribution in [0.4, 0.5) is 10.2 Å². The Balaban J connectivity index is 1.83. The Hall–Kier alpha value is -1.42. The average Bonchev–Trinajstić information content (AvgIpc) is 2.71. The fraction of sp³-hybridized carbons (Fsp3) is 0.182. The van der Waals surface area contributed by atoms with Crippen molar-refractivity contribution in [3.8, 4) is 0 Å². The van der Waals surface area contributed by atoms with Crippen LogP contribution in [0.1, 0.15) is 5.56 Å². The largest absolute Gasteiger partial charge is 0.370 e. The molecule has 2 aromatic heterocycles. The van der Waals surface area contributed by atoms with E-state index in [1.165, 1.54) is 11.6 Å². The van der Waals surface area contributed by atoms with Crippen LogP contribution >= 0.6 is 11.3 Å². The fourth-order valence-electron chi connectivity index (χ4n) is 1.28. The summed E-state index contributed by atoms with van der Waals surface area (Å²) in [4.78, 5) is 3.72. The van der Waals surface area contributed by atoms with Gasteiger partial charge in [-0.05, 0) is 40.9 Å². The van der Waals surface area contributed by atoms with Crippen LogP contribution in [0, 0.1) is 5.95 Å². The first kappa shape index (κ1) is 10.1. The minimum atomic E-state index is -0.449. The average molecular weight is 222 g/mol. The maximum atomic E-state index is 12.7. The molecule has 0 saturated carbocycles. The molecule has 2 nitrogen and oxygen atoms in total. The molecule has 0 radical (unpaired) electrons. The molecule has 4 heteroatoms. The van der Waals surface area contributed by atoms with Crippen molar-refractivity contribution >= 4 is 17.2 Å². The number of nitrogens with one attached hydrogen (secondary N) is 1. The third kappa shape index (κ3) is 3.02. The van der Waals surface area contributed by atoms with Crippen molar-refractivity contribution in [3.63, 3.8) is 0 Å². The maximum Gasteiger partial charge on any atom is 0.214 e. The summed E-state index contributed by atoms with van der Waals surface area (Å²) in [6.45, 7) is 0.771. The van der Waals surface area contributed by atoms with Gasteiger partial charge in [-0.15, -0.1) is 0 Å². The van der Waals surface area contributed by atoms with E-state index < -0.39 is 5.95 Å². The highest BCUT2D eigenvalue weighted by Gasteiger charge is 1.96. The fourth-order valence-corrected chi connectivity index (χ4v) is 1.98. The van der Waals surface area contributed by atoms with Gasteiger partial charge < -0.3 is 5.32 Å². The van der Waals surface area contributed by atoms with Crippen molar-refractivity contribution < 1.29 is 4.39 Å². The van der Waals surface area contributed by atoms with E-state index in [0.29, 0.717) is 5.82 Å². The van der Waals surface area contributed by atoms with Crippen LogP contribution in [0.3, 0.4) is 0 Å². The zero-order chi connectivity index (χ0) is 10.5. The Bertz CT molecular complexity index is 414. The SMILES string of the molecule is Fc1cccc(NCCc2ccsc2)n1. The van der Waals surface area contributed by atoms with E-state index in [1.54, 1.807) is 23.5 Å². The Kier molecular flexibility index (Phi) is 3.29. The number of thiophene rings is 1. The minimum Gasteiger partial charge on any atom is -0.370 e. The molecule has 0 bridgehead atoms. The molecule has 0 aliphatic heterocycles. The van der Waals surface area contributed by atoms with Crippen molar-refractivity contribution in [2.45, 2.75) is 6.42 Å². The second-order valence-corrected chi connectivity index (χ2v) is 3.93. The Morgan fingerprint density at radius 2 is 2.27 bits per heavy atom. The molecule has 78 valence electrons. The predicted molar refractivity (Wildman–Crippen MR) is 60.7 cm³/mol. The lowest BCUT2D eigenvalue weighted by Crippen LogP contribution is -2.06. The van der Waals surface area contributed by atoms with Gasteiger partial charge in [-0.2, -0.15) is 15.7 Å². The van der Waals surface area contributed by atoms with E-state index in [9.17, 15) is 4.39 Å². The van der Waals surface area contributed by atoms with Gasteiger partial charge in [0.15, 0.2) is 0 Å². The molecule has 0 atom stereocenters. The molecule has 0 aliphatic rings. The summed E-state index contributed by atoms with van der Waals surface area (Å²) < 4.78 is 12.7. The second kappa shape index (κ2) is 4.89. The van der Waals surface area contributed by atoms with Crippen LogP contribution in [0.2, 0.25) is 0 Å². The Morgan fingerprint density at radius 1 is 1.33 bits per heavy atom. The van der Waals surface area contributed by atoms with Gasteiger partial charge in [0, 0.05) is 6.54 Å². The summed E-state index contributed by atoms with van der Waals surface area (Å²) in [6.07, 6.45) is 0.932. The Morgan fingerprint density at radius 3 is 3.00 bits per heavy atom. The smallest absolute Gasteiger partial charge is 0.214 e. The van der Waals surface area contributed by atoms with Gasteiger partial charge in [0.2, 0.25) is 5.95 Å². The molecule has 0 amide bonds. The van der Waals surface area contributed by atoms with E-state index in [2.05, 4.69) is 27.1 Å². The highest BCUT2D eigenvalue weighted by atomic mass is 32.1. The van der Waals surface area contributed by atoms with Crippen molar-refractivity contribution in [1.82, 2.24) is 4.98 Å². The van der Waals surface area contributed by atoms with E-state index in [0.717, 1.165) is 13.0 Å². The number of pyridine rings is 1. The lowest BCUT2D eigenvalue weighted by Gasteiger charge is -2.03. The monoisotopic (exact) mass is 222 g/mol. The lowest BCUT2D eigenvalue weighted by atomic mass is 10.2.